The summed E-state index contributed by atoms with van der Waals surface area (Å²) in [6.45, 7) is 8.60. The number of likely N-dealkylation sites (N-methyl/N-ethyl adjacent to an activating group) is 1. The second-order valence-electron chi connectivity index (χ2n) is 18.1. The zero-order valence-electron chi connectivity index (χ0n) is 34.5. The van der Waals surface area contributed by atoms with Crippen LogP contribution in [0.15, 0.2) is 48.6 Å². The van der Waals surface area contributed by atoms with Crippen LogP contribution in [0, 0.1) is 11.3 Å². The number of nitrogens with one attached hydrogen (secondary N) is 1. The molecule has 2 aromatic carbocycles. The van der Waals surface area contributed by atoms with E-state index in [-0.39, 0.29) is 12.0 Å². The number of hydrogen-bond donors (Lipinski definition) is 4. The number of H-pyrrole nitrogens is 1. The van der Waals surface area contributed by atoms with Gasteiger partial charge in [0.05, 0.1) is 25.9 Å². The van der Waals surface area contributed by atoms with Crippen molar-refractivity contribution in [1.29, 1.82) is 0 Å². The topological polar surface area (TPSA) is 171 Å². The number of carbonyl (C=O) groups excluding carboxylic acids is 3. The number of para-hydroxylation sites is 1. The van der Waals surface area contributed by atoms with Gasteiger partial charge in [0.25, 0.3) is 5.91 Å². The van der Waals surface area contributed by atoms with Gasteiger partial charge < -0.3 is 40.0 Å². The SMILES string of the molecule is CC[C@]1(O)C[C@H]2CN(CCc3c([nH]c4ccccc34)[C@@](C(=O)OC)(c3cc4c(cc3OC)N(C)[C@H]3[C@@](O)(C(N)=O)[C@H](OC(C)=O)[C@]5(CC)C=CCN6CC[C@]43[C@@H]65)C2)C1. The van der Waals surface area contributed by atoms with Gasteiger partial charge in [-0.25, -0.2) is 0 Å². The fourth-order valence-electron chi connectivity index (χ4n) is 13.4. The highest BCUT2D eigenvalue weighted by Gasteiger charge is 2.79. The van der Waals surface area contributed by atoms with Crippen LogP contribution in [0.2, 0.25) is 0 Å². The molecule has 6 heterocycles. The van der Waals surface area contributed by atoms with Crippen molar-refractivity contribution >= 4 is 34.4 Å². The second kappa shape index (κ2) is 13.3. The Morgan fingerprint density at radius 2 is 1.79 bits per heavy atom. The van der Waals surface area contributed by atoms with Gasteiger partial charge in [0.2, 0.25) is 5.60 Å². The minimum atomic E-state index is -2.31. The highest BCUT2D eigenvalue weighted by atomic mass is 16.6. The predicted octanol–water partition coefficient (Wildman–Crippen LogP) is 3.30. The molecule has 13 nitrogen and oxygen atoms in total. The number of hydrogen-bond acceptors (Lipinski definition) is 11. The van der Waals surface area contributed by atoms with E-state index in [9.17, 15) is 19.8 Å². The molecule has 13 heteroatoms. The van der Waals surface area contributed by atoms with Gasteiger partial charge in [-0.2, -0.15) is 0 Å². The average molecular weight is 796 g/mol. The zero-order chi connectivity index (χ0) is 41.2. The molecule has 6 aliphatic rings. The van der Waals surface area contributed by atoms with E-state index in [2.05, 4.69) is 26.9 Å². The van der Waals surface area contributed by atoms with Crippen molar-refractivity contribution in [3.05, 3.63) is 70.9 Å². The van der Waals surface area contributed by atoms with Crippen molar-refractivity contribution in [2.75, 3.05) is 58.9 Å². The van der Waals surface area contributed by atoms with Gasteiger partial charge in [0, 0.05) is 90.9 Å². The lowest BCUT2D eigenvalue weighted by Gasteiger charge is -2.63. The molecular formula is C45H57N5O8. The summed E-state index contributed by atoms with van der Waals surface area (Å²) in [6, 6.07) is 10.9. The Hall–Kier alpha value is -4.43. The highest BCUT2D eigenvalue weighted by Crippen LogP contribution is 2.68. The number of nitrogens with zero attached hydrogens (tertiary/aromatic N) is 3. The summed E-state index contributed by atoms with van der Waals surface area (Å²) in [6.07, 6.45) is 5.91. The smallest absolute Gasteiger partial charge is 0.322 e. The van der Waals surface area contributed by atoms with Crippen LogP contribution in [0.3, 0.4) is 0 Å². The average Bonchev–Trinajstić information content (AvgIpc) is 3.87. The molecule has 1 aliphatic carbocycles. The summed E-state index contributed by atoms with van der Waals surface area (Å²) in [7, 11) is 4.88. The van der Waals surface area contributed by atoms with E-state index in [0.29, 0.717) is 82.6 Å². The minimum Gasteiger partial charge on any atom is -0.496 e. The molecule has 1 unspecified atom stereocenters. The number of amides is 1. The fourth-order valence-corrected chi connectivity index (χ4v) is 13.4. The van der Waals surface area contributed by atoms with Crippen molar-refractivity contribution in [2.24, 2.45) is 17.1 Å². The maximum atomic E-state index is 15.3. The van der Waals surface area contributed by atoms with Crippen molar-refractivity contribution in [2.45, 2.75) is 99.5 Å². The number of fused-ring (bicyclic) bond motifs is 6. The number of aromatic amines is 1. The first-order valence-corrected chi connectivity index (χ1v) is 20.9. The molecule has 5 aliphatic heterocycles. The molecule has 1 saturated carbocycles. The van der Waals surface area contributed by atoms with E-state index in [1.54, 1.807) is 7.11 Å². The third-order valence-corrected chi connectivity index (χ3v) is 15.5. The third kappa shape index (κ3) is 4.93. The summed E-state index contributed by atoms with van der Waals surface area (Å²) >= 11 is 0. The largest absolute Gasteiger partial charge is 0.496 e. The number of carbonyl (C=O) groups is 3. The fraction of sp³-hybridized carbons (Fsp3) is 0.578. The quantitative estimate of drug-likeness (QED) is 0.205. The molecule has 2 bridgehead atoms. The first-order valence-electron chi connectivity index (χ1n) is 20.9. The minimum absolute atomic E-state index is 0.0981. The van der Waals surface area contributed by atoms with E-state index < -0.39 is 57.4 Å². The molecule has 10 atom stereocenters. The predicted molar refractivity (Wildman–Crippen MR) is 218 cm³/mol. The van der Waals surface area contributed by atoms with Gasteiger partial charge in [-0.3, -0.25) is 24.2 Å². The molecule has 58 heavy (non-hydrogen) atoms. The number of nitrogens with two attached hydrogens (primary N) is 1. The Morgan fingerprint density at radius 1 is 1.02 bits per heavy atom. The third-order valence-electron chi connectivity index (χ3n) is 15.5. The van der Waals surface area contributed by atoms with Gasteiger partial charge in [-0.1, -0.05) is 44.2 Å². The zero-order valence-corrected chi connectivity index (χ0v) is 34.5. The molecule has 0 radical (unpaired) electrons. The lowest BCUT2D eigenvalue weighted by molar-refractivity contribution is -0.216. The highest BCUT2D eigenvalue weighted by molar-refractivity contribution is 5.95. The monoisotopic (exact) mass is 795 g/mol. The molecule has 2 saturated heterocycles. The van der Waals surface area contributed by atoms with Crippen LogP contribution in [0.25, 0.3) is 10.9 Å². The Morgan fingerprint density at radius 3 is 2.48 bits per heavy atom. The maximum absolute atomic E-state index is 15.3. The van der Waals surface area contributed by atoms with Crippen LogP contribution < -0.4 is 15.4 Å². The summed E-state index contributed by atoms with van der Waals surface area (Å²) in [5.41, 5.74) is 4.67. The lowest BCUT2D eigenvalue weighted by Crippen LogP contribution is -2.82. The number of aromatic nitrogens is 1. The molecule has 1 amide bonds. The van der Waals surface area contributed by atoms with Gasteiger partial charge in [-0.15, -0.1) is 0 Å². The summed E-state index contributed by atoms with van der Waals surface area (Å²) in [5.74, 6) is -1.66. The summed E-state index contributed by atoms with van der Waals surface area (Å²) in [4.78, 5) is 52.6. The van der Waals surface area contributed by atoms with Crippen molar-refractivity contribution < 1.29 is 38.8 Å². The van der Waals surface area contributed by atoms with Gasteiger partial charge in [-0.05, 0) is 74.2 Å². The Balaban J connectivity index is 1.36. The van der Waals surface area contributed by atoms with E-state index in [4.69, 9.17) is 19.9 Å². The Kier molecular flexibility index (Phi) is 8.95. The first kappa shape index (κ1) is 39.1. The normalized spacial score (nSPS) is 37.4. The summed E-state index contributed by atoms with van der Waals surface area (Å²) in [5, 5.41) is 26.1. The van der Waals surface area contributed by atoms with E-state index in [0.717, 1.165) is 33.4 Å². The summed E-state index contributed by atoms with van der Waals surface area (Å²) < 4.78 is 18.4. The number of rotatable bonds is 7. The molecule has 310 valence electrons. The van der Waals surface area contributed by atoms with E-state index >= 15 is 4.79 Å². The molecular weight excluding hydrogens is 739 g/mol. The number of anilines is 1. The van der Waals surface area contributed by atoms with Crippen molar-refractivity contribution in [3.8, 4) is 5.75 Å². The number of aliphatic hydroxyl groups is 2. The molecule has 1 aromatic heterocycles. The Labute approximate surface area is 339 Å². The number of primary amides is 1. The second-order valence-corrected chi connectivity index (χ2v) is 18.1. The first-order chi connectivity index (χ1) is 27.7. The number of methoxy groups -OCH3 is 2. The van der Waals surface area contributed by atoms with E-state index in [1.165, 1.54) is 14.0 Å². The van der Waals surface area contributed by atoms with Crippen molar-refractivity contribution in [1.82, 2.24) is 14.8 Å². The lowest BCUT2D eigenvalue weighted by atomic mass is 9.47. The van der Waals surface area contributed by atoms with Gasteiger partial charge in [0.15, 0.2) is 6.10 Å². The van der Waals surface area contributed by atoms with Gasteiger partial charge in [0.1, 0.15) is 11.2 Å². The van der Waals surface area contributed by atoms with Crippen LogP contribution in [-0.2, 0) is 41.1 Å². The maximum Gasteiger partial charge on any atom is 0.322 e. The van der Waals surface area contributed by atoms with Crippen LogP contribution in [-0.4, -0.2) is 126 Å². The molecule has 1 spiro atoms. The number of esters is 2. The molecule has 5 N–H and O–H groups in total. The standard InChI is InChI=1S/C45H57N5O8/c1-7-41(54)22-27-23-44(40(53)57-6,35-29(14-18-49(24-27)25-41)28-12-9-10-13-32(28)47-35)31-20-30-33(21-34(31)56-5)48(4)37-43(30)16-19-50-17-11-15-42(8-2,36(43)50)38(58-26(3)51)45(37,55)39(46)52/h9-13,15,20-21,27,36-38,47,54-55H,7-8,14,16-19,22-25H2,1-6H3,(H2,46,52)/t27-,36+,37-,38-,41+,42-,43-,44+,45+/m1/s1. The van der Waals surface area contributed by atoms with Crippen LogP contribution in [0.1, 0.15) is 75.3 Å². The number of benzene rings is 2. The van der Waals surface area contributed by atoms with Gasteiger partial charge >= 0.3 is 11.9 Å². The molecule has 3 fully saturated rings. The Bertz CT molecular complexity index is 2240. The van der Waals surface area contributed by atoms with Crippen LogP contribution in [0.4, 0.5) is 5.69 Å². The molecule has 9 rings (SSSR count). The van der Waals surface area contributed by atoms with Crippen LogP contribution in [0.5, 0.6) is 5.75 Å². The number of ether oxygens (including phenoxy) is 3. The number of piperidine rings is 1. The molecule has 3 aromatic rings. The van der Waals surface area contributed by atoms with Crippen molar-refractivity contribution in [3.63, 3.8) is 0 Å². The van der Waals surface area contributed by atoms with E-state index in [1.807, 2.05) is 62.2 Å². The van der Waals surface area contributed by atoms with Crippen LogP contribution >= 0.6 is 0 Å².